The molecule has 0 aliphatic heterocycles. The number of ether oxygens (including phenoxy) is 1. The summed E-state index contributed by atoms with van der Waals surface area (Å²) in [6.45, 7) is 2.15. The maximum absolute atomic E-state index is 11.7. The van der Waals surface area contributed by atoms with Crippen LogP contribution in [-0.2, 0) is 9.53 Å². The van der Waals surface area contributed by atoms with Crippen LogP contribution in [0.4, 0.5) is 8.78 Å². The Kier molecular flexibility index (Phi) is 8.45. The molecule has 0 aromatic heterocycles. The molecule has 0 unspecified atom stereocenters. The maximum atomic E-state index is 11.7. The smallest absolute Gasteiger partial charge is 0.261 e. The van der Waals surface area contributed by atoms with E-state index in [4.69, 9.17) is 6.42 Å². The highest BCUT2D eigenvalue weighted by atomic mass is 19.3. The second-order valence-corrected chi connectivity index (χ2v) is 3.24. The van der Waals surface area contributed by atoms with Crippen molar-refractivity contribution in [2.45, 2.75) is 26.2 Å². The molecule has 0 aliphatic rings. The van der Waals surface area contributed by atoms with Crippen LogP contribution in [0.25, 0.3) is 0 Å². The Morgan fingerprint density at radius 3 is 2.75 bits per heavy atom. The first-order chi connectivity index (χ1) is 7.61. The van der Waals surface area contributed by atoms with Gasteiger partial charge in [-0.15, -0.1) is 6.42 Å². The van der Waals surface area contributed by atoms with Crippen molar-refractivity contribution in [1.82, 2.24) is 4.90 Å². The largest absolute Gasteiger partial charge is 0.375 e. The number of halogens is 2. The number of amides is 1. The van der Waals surface area contributed by atoms with Gasteiger partial charge >= 0.3 is 0 Å². The lowest BCUT2D eigenvalue weighted by Crippen LogP contribution is -2.32. The van der Waals surface area contributed by atoms with Crippen molar-refractivity contribution in [1.29, 1.82) is 0 Å². The Labute approximate surface area is 94.8 Å². The summed E-state index contributed by atoms with van der Waals surface area (Å²) in [4.78, 5) is 13.1. The lowest BCUT2D eigenvalue weighted by atomic mass is 10.3. The summed E-state index contributed by atoms with van der Waals surface area (Å²) in [5.41, 5.74) is 0. The van der Waals surface area contributed by atoms with Gasteiger partial charge in [-0.25, -0.2) is 8.78 Å². The van der Waals surface area contributed by atoms with Crippen LogP contribution < -0.4 is 0 Å². The van der Waals surface area contributed by atoms with Crippen LogP contribution in [-0.4, -0.2) is 43.5 Å². The summed E-state index contributed by atoms with van der Waals surface area (Å²) in [5, 5.41) is 0. The fourth-order valence-corrected chi connectivity index (χ4v) is 1.16. The lowest BCUT2D eigenvalue weighted by Gasteiger charge is -2.19. The Balaban J connectivity index is 3.79. The van der Waals surface area contributed by atoms with E-state index in [-0.39, 0.29) is 25.5 Å². The maximum Gasteiger partial charge on any atom is 0.261 e. The number of terminal acetylenes is 1. The summed E-state index contributed by atoms with van der Waals surface area (Å²) in [6.07, 6.45) is 3.53. The molecule has 16 heavy (non-hydrogen) atoms. The van der Waals surface area contributed by atoms with Gasteiger partial charge in [-0.2, -0.15) is 0 Å². The molecule has 0 fully saturated rings. The highest BCUT2D eigenvalue weighted by Crippen LogP contribution is 1.98. The fraction of sp³-hybridized carbons (Fsp3) is 0.727. The SMILES string of the molecule is C#CCN(CCC)C(=O)CCOCC(F)F. The van der Waals surface area contributed by atoms with E-state index in [9.17, 15) is 13.6 Å². The van der Waals surface area contributed by atoms with E-state index in [0.29, 0.717) is 6.54 Å². The van der Waals surface area contributed by atoms with Gasteiger partial charge in [0.1, 0.15) is 6.61 Å². The van der Waals surface area contributed by atoms with Crippen LogP contribution in [0.2, 0.25) is 0 Å². The molecule has 0 bridgehead atoms. The summed E-state index contributed by atoms with van der Waals surface area (Å²) in [6, 6.07) is 0. The van der Waals surface area contributed by atoms with Gasteiger partial charge in [0.05, 0.1) is 19.6 Å². The summed E-state index contributed by atoms with van der Waals surface area (Å²) >= 11 is 0. The molecular formula is C11H17F2NO2. The van der Waals surface area contributed by atoms with Crippen molar-refractivity contribution in [3.05, 3.63) is 0 Å². The quantitative estimate of drug-likeness (QED) is 0.470. The van der Waals surface area contributed by atoms with Crippen LogP contribution in [0.15, 0.2) is 0 Å². The van der Waals surface area contributed by atoms with Crippen molar-refractivity contribution >= 4 is 5.91 Å². The van der Waals surface area contributed by atoms with Crippen molar-refractivity contribution in [2.75, 3.05) is 26.3 Å². The number of hydrogen-bond acceptors (Lipinski definition) is 2. The number of rotatable bonds is 8. The van der Waals surface area contributed by atoms with Gasteiger partial charge < -0.3 is 9.64 Å². The number of nitrogens with zero attached hydrogens (tertiary/aromatic N) is 1. The van der Waals surface area contributed by atoms with Gasteiger partial charge in [-0.1, -0.05) is 12.8 Å². The molecule has 0 heterocycles. The standard InChI is InChI=1S/C11H17F2NO2/c1-3-6-14(7-4-2)11(15)5-8-16-9-10(12)13/h1,10H,4-9H2,2H3. The minimum atomic E-state index is -2.49. The number of carbonyl (C=O) groups excluding carboxylic acids is 1. The van der Waals surface area contributed by atoms with E-state index in [1.807, 2.05) is 6.92 Å². The predicted octanol–water partition coefficient (Wildman–Crippen LogP) is 1.53. The second-order valence-electron chi connectivity index (χ2n) is 3.24. The van der Waals surface area contributed by atoms with Gasteiger partial charge in [0, 0.05) is 6.54 Å². The Morgan fingerprint density at radius 1 is 1.56 bits per heavy atom. The average Bonchev–Trinajstić information content (AvgIpc) is 2.23. The van der Waals surface area contributed by atoms with Crippen molar-refractivity contribution in [3.8, 4) is 12.3 Å². The van der Waals surface area contributed by atoms with Crippen LogP contribution in [0.1, 0.15) is 19.8 Å². The molecule has 0 aromatic rings. The van der Waals surface area contributed by atoms with Crippen LogP contribution >= 0.6 is 0 Å². The van der Waals surface area contributed by atoms with Crippen molar-refractivity contribution in [3.63, 3.8) is 0 Å². The molecule has 0 aliphatic carbocycles. The Bertz CT molecular complexity index is 239. The molecule has 5 heteroatoms. The Morgan fingerprint density at radius 2 is 2.25 bits per heavy atom. The molecule has 0 spiro atoms. The third-order valence-electron chi connectivity index (χ3n) is 1.83. The predicted molar refractivity (Wildman–Crippen MR) is 57.1 cm³/mol. The van der Waals surface area contributed by atoms with Gasteiger partial charge in [0.2, 0.25) is 5.91 Å². The van der Waals surface area contributed by atoms with E-state index in [1.54, 1.807) is 0 Å². The molecule has 0 radical (unpaired) electrons. The number of carbonyl (C=O) groups is 1. The van der Waals surface area contributed by atoms with Crippen molar-refractivity contribution < 1.29 is 18.3 Å². The highest BCUT2D eigenvalue weighted by Gasteiger charge is 2.11. The molecule has 0 aromatic carbocycles. The first-order valence-corrected chi connectivity index (χ1v) is 5.19. The van der Waals surface area contributed by atoms with Gasteiger partial charge in [0.25, 0.3) is 6.43 Å². The van der Waals surface area contributed by atoms with Gasteiger partial charge in [-0.3, -0.25) is 4.79 Å². The zero-order valence-corrected chi connectivity index (χ0v) is 9.42. The topological polar surface area (TPSA) is 29.5 Å². The molecule has 0 rings (SSSR count). The average molecular weight is 233 g/mol. The van der Waals surface area contributed by atoms with E-state index in [2.05, 4.69) is 10.7 Å². The minimum absolute atomic E-state index is 0.00790. The second kappa shape index (κ2) is 9.10. The lowest BCUT2D eigenvalue weighted by molar-refractivity contribution is -0.132. The number of alkyl halides is 2. The molecule has 0 N–H and O–H groups in total. The van der Waals surface area contributed by atoms with E-state index in [1.165, 1.54) is 4.90 Å². The summed E-state index contributed by atoms with van der Waals surface area (Å²) < 4.78 is 28.0. The molecule has 92 valence electrons. The molecular weight excluding hydrogens is 216 g/mol. The molecule has 3 nitrogen and oxygen atoms in total. The number of hydrogen-bond donors (Lipinski definition) is 0. The third-order valence-corrected chi connectivity index (χ3v) is 1.83. The zero-order valence-electron chi connectivity index (χ0n) is 9.42. The minimum Gasteiger partial charge on any atom is -0.375 e. The summed E-state index contributed by atoms with van der Waals surface area (Å²) in [5.74, 6) is 2.23. The fourth-order valence-electron chi connectivity index (χ4n) is 1.16. The van der Waals surface area contributed by atoms with Crippen LogP contribution in [0, 0.1) is 12.3 Å². The molecule has 1 amide bonds. The Hall–Kier alpha value is -1.15. The van der Waals surface area contributed by atoms with E-state index >= 15 is 0 Å². The highest BCUT2D eigenvalue weighted by molar-refractivity contribution is 5.76. The van der Waals surface area contributed by atoms with E-state index in [0.717, 1.165) is 6.42 Å². The van der Waals surface area contributed by atoms with Gasteiger partial charge in [-0.05, 0) is 6.42 Å². The van der Waals surface area contributed by atoms with Crippen LogP contribution in [0.5, 0.6) is 0 Å². The third kappa shape index (κ3) is 7.18. The van der Waals surface area contributed by atoms with Gasteiger partial charge in [0.15, 0.2) is 0 Å². The van der Waals surface area contributed by atoms with E-state index < -0.39 is 13.0 Å². The molecule has 0 atom stereocenters. The first-order valence-electron chi connectivity index (χ1n) is 5.19. The van der Waals surface area contributed by atoms with Crippen molar-refractivity contribution in [2.24, 2.45) is 0 Å². The normalized spacial score (nSPS) is 10.2. The molecule has 0 saturated heterocycles. The zero-order chi connectivity index (χ0) is 12.4. The molecule has 0 saturated carbocycles. The van der Waals surface area contributed by atoms with Crippen LogP contribution in [0.3, 0.4) is 0 Å². The monoisotopic (exact) mass is 233 g/mol. The first kappa shape index (κ1) is 14.8. The summed E-state index contributed by atoms with van der Waals surface area (Å²) in [7, 11) is 0.